The van der Waals surface area contributed by atoms with Crippen LogP contribution in [-0.4, -0.2) is 153 Å². The number of rotatable bonds is 9. The molecule has 3 saturated heterocycles. The van der Waals surface area contributed by atoms with Gasteiger partial charge in [-0.2, -0.15) is 0 Å². The topological polar surface area (TPSA) is 292 Å². The zero-order valence-corrected chi connectivity index (χ0v) is 22.4. The van der Waals surface area contributed by atoms with Crippen molar-refractivity contribution in [3.05, 3.63) is 35.9 Å². The van der Waals surface area contributed by atoms with Gasteiger partial charge in [-0.15, -0.1) is 0 Å². The van der Waals surface area contributed by atoms with Gasteiger partial charge in [0.2, 0.25) is 0 Å². The minimum atomic E-state index is -1.64. The van der Waals surface area contributed by atoms with Crippen LogP contribution in [0.5, 0.6) is 0 Å². The number of aliphatic hydroxyl groups excluding tert-OH is 7. The van der Waals surface area contributed by atoms with Gasteiger partial charge in [0.25, 0.3) is 0 Å². The van der Waals surface area contributed by atoms with Crippen molar-refractivity contribution >= 4 is 5.97 Å². The van der Waals surface area contributed by atoms with Crippen molar-refractivity contribution in [3.63, 3.8) is 0 Å². The van der Waals surface area contributed by atoms with E-state index in [0.29, 0.717) is 0 Å². The fourth-order valence-electron chi connectivity index (χ4n) is 5.08. The normalized spacial score (nSPS) is 44.5. The molecule has 17 nitrogen and oxygen atoms in total. The molecule has 3 aliphatic rings. The van der Waals surface area contributed by atoms with Crippen molar-refractivity contribution < 1.29 is 69.0 Å². The first kappa shape index (κ1) is 33.0. The van der Waals surface area contributed by atoms with Gasteiger partial charge in [-0.05, 0) is 12.1 Å². The van der Waals surface area contributed by atoms with Crippen LogP contribution in [0, 0.1) is 0 Å². The maximum atomic E-state index is 12.8. The predicted octanol–water partition coefficient (Wildman–Crippen LogP) is -5.81. The van der Waals surface area contributed by atoms with Gasteiger partial charge in [-0.25, -0.2) is 4.79 Å². The summed E-state index contributed by atoms with van der Waals surface area (Å²) >= 11 is 0. The zero-order chi connectivity index (χ0) is 30.7. The average Bonchev–Trinajstić information content (AvgIpc) is 3.00. The van der Waals surface area contributed by atoms with Crippen molar-refractivity contribution in [1.82, 2.24) is 0 Å². The molecule has 0 saturated carbocycles. The molecule has 1 aromatic carbocycles. The Morgan fingerprint density at radius 1 is 0.667 bits per heavy atom. The van der Waals surface area contributed by atoms with E-state index in [4.69, 9.17) is 45.6 Å². The predicted molar refractivity (Wildman–Crippen MR) is 137 cm³/mol. The summed E-state index contributed by atoms with van der Waals surface area (Å²) in [6.07, 6.45) is -17.3. The number of carbonyl (C=O) groups excluding carboxylic acids is 1. The van der Waals surface area contributed by atoms with E-state index in [0.717, 1.165) is 0 Å². The summed E-state index contributed by atoms with van der Waals surface area (Å²) in [5.74, 6) is -0.802. The Labute approximate surface area is 240 Å². The molecule has 15 atom stereocenters. The Kier molecular flexibility index (Phi) is 11.2. The number of hydrogen-bond acceptors (Lipinski definition) is 17. The molecule has 3 fully saturated rings. The van der Waals surface area contributed by atoms with Crippen LogP contribution in [-0.2, 0) is 28.4 Å². The van der Waals surface area contributed by atoms with E-state index in [2.05, 4.69) is 0 Å². The number of nitrogens with two attached hydrogens (primary N) is 3. The summed E-state index contributed by atoms with van der Waals surface area (Å²) in [5.41, 5.74) is 18.4. The SMILES string of the molecule is N[C@H]1[C@H](OC2[C@@H](CO)O[C@@H](OC3[C@@H](CO)O[C@@H](O)[C@H](N)[C@H]3OC(=O)c3ccccc3)[C@H](N)[C@H]2O)O[C@H](CO)[C@@H](O)[C@@H]1O. The smallest absolute Gasteiger partial charge is 0.338 e. The molecule has 0 spiro atoms. The van der Waals surface area contributed by atoms with Crippen LogP contribution in [0.1, 0.15) is 10.4 Å². The van der Waals surface area contributed by atoms with Crippen molar-refractivity contribution in [3.8, 4) is 0 Å². The quantitative estimate of drug-likeness (QED) is 0.117. The van der Waals surface area contributed by atoms with Gasteiger partial charge in [-0.1, -0.05) is 18.2 Å². The number of esters is 1. The van der Waals surface area contributed by atoms with Crippen molar-refractivity contribution in [1.29, 1.82) is 0 Å². The van der Waals surface area contributed by atoms with Gasteiger partial charge < -0.3 is 81.4 Å². The number of aliphatic hydroxyl groups is 7. The molecule has 13 N–H and O–H groups in total. The summed E-state index contributed by atoms with van der Waals surface area (Å²) in [5, 5.41) is 71.1. The van der Waals surface area contributed by atoms with Crippen molar-refractivity contribution in [2.24, 2.45) is 17.2 Å². The molecule has 0 aliphatic carbocycles. The third-order valence-electron chi connectivity index (χ3n) is 7.56. The van der Waals surface area contributed by atoms with Crippen LogP contribution in [0.4, 0.5) is 0 Å². The Hall–Kier alpha value is -1.91. The molecule has 3 aliphatic heterocycles. The van der Waals surface area contributed by atoms with E-state index >= 15 is 0 Å². The fourth-order valence-corrected chi connectivity index (χ4v) is 5.08. The Morgan fingerprint density at radius 2 is 1.19 bits per heavy atom. The number of hydrogen-bond donors (Lipinski definition) is 10. The van der Waals surface area contributed by atoms with Crippen LogP contribution in [0.15, 0.2) is 30.3 Å². The second kappa shape index (κ2) is 14.2. The molecular weight excluding hydrogens is 566 g/mol. The molecule has 17 heteroatoms. The largest absolute Gasteiger partial charge is 0.454 e. The Bertz CT molecular complexity index is 1010. The monoisotopic (exact) mass is 605 g/mol. The van der Waals surface area contributed by atoms with Crippen LogP contribution >= 0.6 is 0 Å². The van der Waals surface area contributed by atoms with Gasteiger partial charge in [0.15, 0.2) is 25.0 Å². The lowest BCUT2D eigenvalue weighted by Gasteiger charge is -2.48. The standard InChI is InChI=1S/C25H39N3O14/c26-13-17(33)16(32)10(6-29)38-24(13)41-19-11(7-30)39-25(14(27)18(19)34)42-20-12(8-31)37-23(36)15(28)21(20)40-22(35)9-4-2-1-3-5-9/h1-5,10-21,23-25,29-34,36H,6-8,26-28H2/t10-,11-,12-,13-,14-,15-,16-,17-,18-,19?,20?,21-,23-,24+,25+/m1/s1. The number of ether oxygens (including phenoxy) is 6. The highest BCUT2D eigenvalue weighted by Gasteiger charge is 2.53. The van der Waals surface area contributed by atoms with Gasteiger partial charge in [0.05, 0.1) is 43.5 Å². The molecular formula is C25H39N3O14. The second-order valence-corrected chi connectivity index (χ2v) is 10.3. The molecule has 1 aromatic rings. The second-order valence-electron chi connectivity index (χ2n) is 10.3. The molecule has 0 bridgehead atoms. The maximum Gasteiger partial charge on any atom is 0.338 e. The highest BCUT2D eigenvalue weighted by atomic mass is 16.7. The minimum absolute atomic E-state index is 0.176. The molecule has 2 unspecified atom stereocenters. The molecule has 0 amide bonds. The molecule has 42 heavy (non-hydrogen) atoms. The number of carbonyl (C=O) groups is 1. The van der Waals surface area contributed by atoms with E-state index in [1.807, 2.05) is 0 Å². The Morgan fingerprint density at radius 3 is 1.79 bits per heavy atom. The van der Waals surface area contributed by atoms with Gasteiger partial charge >= 0.3 is 5.97 Å². The van der Waals surface area contributed by atoms with Crippen LogP contribution in [0.3, 0.4) is 0 Å². The fraction of sp³-hybridized carbons (Fsp3) is 0.720. The zero-order valence-electron chi connectivity index (χ0n) is 22.4. The third kappa shape index (κ3) is 6.75. The maximum absolute atomic E-state index is 12.8. The van der Waals surface area contributed by atoms with E-state index < -0.39 is 118 Å². The summed E-state index contributed by atoms with van der Waals surface area (Å²) in [6, 6.07) is 3.88. The van der Waals surface area contributed by atoms with Crippen LogP contribution in [0.25, 0.3) is 0 Å². The van der Waals surface area contributed by atoms with E-state index in [1.54, 1.807) is 18.2 Å². The summed E-state index contributed by atoms with van der Waals surface area (Å²) in [4.78, 5) is 12.8. The van der Waals surface area contributed by atoms with Crippen molar-refractivity contribution in [2.45, 2.75) is 91.9 Å². The average molecular weight is 606 g/mol. The highest BCUT2D eigenvalue weighted by Crippen LogP contribution is 2.32. The Balaban J connectivity index is 1.51. The minimum Gasteiger partial charge on any atom is -0.454 e. The first-order valence-corrected chi connectivity index (χ1v) is 13.4. The van der Waals surface area contributed by atoms with E-state index in [-0.39, 0.29) is 5.56 Å². The molecule has 0 aromatic heterocycles. The molecule has 0 radical (unpaired) electrons. The lowest BCUT2D eigenvalue weighted by molar-refractivity contribution is -0.347. The van der Waals surface area contributed by atoms with E-state index in [9.17, 15) is 40.5 Å². The lowest BCUT2D eigenvalue weighted by Crippen LogP contribution is -2.69. The van der Waals surface area contributed by atoms with Crippen LogP contribution in [0.2, 0.25) is 0 Å². The summed E-state index contributed by atoms with van der Waals surface area (Å²) in [6.45, 7) is -2.11. The first-order chi connectivity index (χ1) is 20.0. The molecule has 3 heterocycles. The van der Waals surface area contributed by atoms with E-state index in [1.165, 1.54) is 12.1 Å². The van der Waals surface area contributed by atoms with Gasteiger partial charge in [0, 0.05) is 0 Å². The molecule has 238 valence electrons. The van der Waals surface area contributed by atoms with Gasteiger partial charge in [-0.3, -0.25) is 0 Å². The molecule has 4 rings (SSSR count). The third-order valence-corrected chi connectivity index (χ3v) is 7.56. The first-order valence-electron chi connectivity index (χ1n) is 13.4. The summed E-state index contributed by atoms with van der Waals surface area (Å²) < 4.78 is 33.8. The highest BCUT2D eigenvalue weighted by molar-refractivity contribution is 5.89. The van der Waals surface area contributed by atoms with Gasteiger partial charge in [0.1, 0.15) is 48.8 Å². The summed E-state index contributed by atoms with van der Waals surface area (Å²) in [7, 11) is 0. The lowest BCUT2D eigenvalue weighted by atomic mass is 9.94. The van der Waals surface area contributed by atoms with Crippen molar-refractivity contribution in [2.75, 3.05) is 19.8 Å². The number of benzene rings is 1. The van der Waals surface area contributed by atoms with Crippen LogP contribution < -0.4 is 17.2 Å².